The maximum Gasteiger partial charge on any atom is 0.310 e. The molecule has 0 radical (unpaired) electrons. The molecule has 2 heteroatoms. The molecule has 0 aromatic heterocycles. The summed E-state index contributed by atoms with van der Waals surface area (Å²) >= 11 is 0. The number of aliphatic carboxylic acids is 1. The first-order valence-electron chi connectivity index (χ1n) is 8.24. The largest absolute Gasteiger partial charge is 0.481 e. The molecule has 1 atom stereocenters. The van der Waals surface area contributed by atoms with Gasteiger partial charge in [-0.1, -0.05) is 58.8 Å². The van der Waals surface area contributed by atoms with Crippen molar-refractivity contribution < 1.29 is 9.90 Å². The van der Waals surface area contributed by atoms with E-state index in [9.17, 15) is 9.90 Å². The molecule has 1 N–H and O–H groups in total. The van der Waals surface area contributed by atoms with Gasteiger partial charge in [-0.25, -0.2) is 0 Å². The van der Waals surface area contributed by atoms with Gasteiger partial charge in [-0.2, -0.15) is 0 Å². The third-order valence-corrected chi connectivity index (χ3v) is 6.01. The molecule has 2 saturated carbocycles. The van der Waals surface area contributed by atoms with Crippen LogP contribution in [0, 0.1) is 16.7 Å². The van der Waals surface area contributed by atoms with Crippen LogP contribution in [0.4, 0.5) is 0 Å². The first kappa shape index (κ1) is 14.9. The Morgan fingerprint density at radius 3 is 2.00 bits per heavy atom. The molecule has 0 aromatic rings. The minimum absolute atomic E-state index is 0.0513. The fraction of sp³-hybridized carbons (Fsp3) is 0.941. The van der Waals surface area contributed by atoms with Crippen molar-refractivity contribution >= 4 is 5.97 Å². The van der Waals surface area contributed by atoms with Crippen molar-refractivity contribution in [3.8, 4) is 0 Å². The summed E-state index contributed by atoms with van der Waals surface area (Å²) in [7, 11) is 0. The average Bonchev–Trinajstić information content (AvgIpc) is 2.68. The van der Waals surface area contributed by atoms with E-state index in [1.54, 1.807) is 0 Å². The Bertz CT molecular complexity index is 313. The Morgan fingerprint density at radius 1 is 0.895 bits per heavy atom. The van der Waals surface area contributed by atoms with E-state index in [0.29, 0.717) is 5.92 Å². The number of hydrogen-bond acceptors (Lipinski definition) is 1. The van der Waals surface area contributed by atoms with Gasteiger partial charge in [0.2, 0.25) is 0 Å². The number of carboxylic acids is 1. The maximum absolute atomic E-state index is 12.3. The smallest absolute Gasteiger partial charge is 0.310 e. The molecule has 0 saturated heterocycles. The molecule has 2 aliphatic carbocycles. The molecule has 0 bridgehead atoms. The Hall–Kier alpha value is -0.530. The summed E-state index contributed by atoms with van der Waals surface area (Å²) in [5, 5.41) is 10.1. The van der Waals surface area contributed by atoms with Gasteiger partial charge >= 0.3 is 5.97 Å². The maximum atomic E-state index is 12.3. The van der Waals surface area contributed by atoms with Crippen LogP contribution in [0.25, 0.3) is 0 Å². The molecule has 1 unspecified atom stereocenters. The lowest BCUT2D eigenvalue weighted by atomic mass is 9.55. The fourth-order valence-electron chi connectivity index (χ4n) is 4.81. The van der Waals surface area contributed by atoms with E-state index in [2.05, 4.69) is 13.8 Å². The van der Waals surface area contributed by atoms with Crippen molar-refractivity contribution in [3.05, 3.63) is 0 Å². The second-order valence-electron chi connectivity index (χ2n) is 7.41. The summed E-state index contributed by atoms with van der Waals surface area (Å²) in [6.07, 6.45) is 12.8. The Balaban J connectivity index is 2.35. The molecule has 2 nitrogen and oxygen atoms in total. The molecule has 2 fully saturated rings. The van der Waals surface area contributed by atoms with Crippen LogP contribution in [-0.2, 0) is 4.79 Å². The first-order valence-corrected chi connectivity index (χ1v) is 8.24. The monoisotopic (exact) mass is 266 g/mol. The van der Waals surface area contributed by atoms with E-state index in [0.717, 1.165) is 32.1 Å². The van der Waals surface area contributed by atoms with Crippen LogP contribution in [-0.4, -0.2) is 11.1 Å². The summed E-state index contributed by atoms with van der Waals surface area (Å²) in [6.45, 7) is 4.44. The zero-order chi connectivity index (χ0) is 13.9. The van der Waals surface area contributed by atoms with E-state index >= 15 is 0 Å². The third kappa shape index (κ3) is 2.68. The van der Waals surface area contributed by atoms with Gasteiger partial charge in [-0.05, 0) is 37.0 Å². The van der Waals surface area contributed by atoms with Gasteiger partial charge in [-0.3, -0.25) is 4.79 Å². The van der Waals surface area contributed by atoms with Crippen molar-refractivity contribution in [3.63, 3.8) is 0 Å². The number of hydrogen-bond donors (Lipinski definition) is 1. The lowest BCUT2D eigenvalue weighted by Gasteiger charge is -2.48. The van der Waals surface area contributed by atoms with Crippen LogP contribution >= 0.6 is 0 Å². The summed E-state index contributed by atoms with van der Waals surface area (Å²) in [4.78, 5) is 12.3. The lowest BCUT2D eigenvalue weighted by molar-refractivity contribution is -0.165. The summed E-state index contributed by atoms with van der Waals surface area (Å²) < 4.78 is 0. The molecule has 0 spiro atoms. The molecule has 110 valence electrons. The van der Waals surface area contributed by atoms with Gasteiger partial charge in [0.25, 0.3) is 0 Å². The quantitative estimate of drug-likeness (QED) is 0.713. The Labute approximate surface area is 118 Å². The molecule has 2 aliphatic rings. The second kappa shape index (κ2) is 5.85. The lowest BCUT2D eigenvalue weighted by Crippen LogP contribution is -2.49. The zero-order valence-corrected chi connectivity index (χ0v) is 12.7. The van der Waals surface area contributed by atoms with Crippen molar-refractivity contribution in [2.24, 2.45) is 16.7 Å². The predicted octanol–water partition coefficient (Wildman–Crippen LogP) is 5.02. The van der Waals surface area contributed by atoms with Crippen LogP contribution in [0.2, 0.25) is 0 Å². The van der Waals surface area contributed by atoms with Gasteiger partial charge in [0.15, 0.2) is 0 Å². The van der Waals surface area contributed by atoms with Crippen LogP contribution in [0.5, 0.6) is 0 Å². The van der Waals surface area contributed by atoms with Gasteiger partial charge in [0.05, 0.1) is 5.41 Å². The predicted molar refractivity (Wildman–Crippen MR) is 78.1 cm³/mol. The minimum atomic E-state index is -0.508. The normalized spacial score (nSPS) is 33.4. The van der Waals surface area contributed by atoms with Crippen LogP contribution in [0.3, 0.4) is 0 Å². The van der Waals surface area contributed by atoms with E-state index in [1.165, 1.54) is 38.5 Å². The molecular weight excluding hydrogens is 236 g/mol. The summed E-state index contributed by atoms with van der Waals surface area (Å²) in [5.41, 5.74) is -0.516. The second-order valence-corrected chi connectivity index (χ2v) is 7.41. The van der Waals surface area contributed by atoms with Gasteiger partial charge < -0.3 is 5.11 Å². The zero-order valence-electron chi connectivity index (χ0n) is 12.7. The molecule has 19 heavy (non-hydrogen) atoms. The van der Waals surface area contributed by atoms with Gasteiger partial charge in [-0.15, -0.1) is 0 Å². The number of carboxylic acid groups (broad SMARTS) is 1. The highest BCUT2D eigenvalue weighted by Crippen LogP contribution is 2.56. The minimum Gasteiger partial charge on any atom is -0.481 e. The third-order valence-electron chi connectivity index (χ3n) is 6.01. The highest BCUT2D eigenvalue weighted by atomic mass is 16.4. The summed E-state index contributed by atoms with van der Waals surface area (Å²) in [6, 6.07) is 0. The molecular formula is C17H30O2. The molecule has 0 aromatic carbocycles. The van der Waals surface area contributed by atoms with E-state index in [4.69, 9.17) is 0 Å². The summed E-state index contributed by atoms with van der Waals surface area (Å²) in [5.74, 6) is -0.105. The standard InChI is InChI=1S/C17H30O2/c1-16(2)12-8-5-9-13-17(16,15(18)19)14-10-6-3-4-7-11-14/h14H,3-13H2,1-2H3,(H,18,19). The SMILES string of the molecule is CC1(C)CCCCCC1(C(=O)O)C1CCCCCC1. The molecule has 0 heterocycles. The van der Waals surface area contributed by atoms with Crippen molar-refractivity contribution in [1.82, 2.24) is 0 Å². The first-order chi connectivity index (χ1) is 9.01. The van der Waals surface area contributed by atoms with Crippen LogP contribution in [0.15, 0.2) is 0 Å². The fourth-order valence-corrected chi connectivity index (χ4v) is 4.81. The molecule has 2 rings (SSSR count). The molecule has 0 amide bonds. The van der Waals surface area contributed by atoms with E-state index in [1.807, 2.05) is 0 Å². The van der Waals surface area contributed by atoms with Crippen molar-refractivity contribution in [1.29, 1.82) is 0 Å². The van der Waals surface area contributed by atoms with Crippen molar-refractivity contribution in [2.45, 2.75) is 84.5 Å². The number of carbonyl (C=O) groups is 1. The van der Waals surface area contributed by atoms with Gasteiger partial charge in [0, 0.05) is 0 Å². The Kier molecular flexibility index (Phi) is 4.58. The van der Waals surface area contributed by atoms with Crippen LogP contribution < -0.4 is 0 Å². The Morgan fingerprint density at radius 2 is 1.42 bits per heavy atom. The topological polar surface area (TPSA) is 37.3 Å². The van der Waals surface area contributed by atoms with Gasteiger partial charge in [0.1, 0.15) is 0 Å². The van der Waals surface area contributed by atoms with Crippen molar-refractivity contribution in [2.75, 3.05) is 0 Å². The highest BCUT2D eigenvalue weighted by molar-refractivity contribution is 5.76. The van der Waals surface area contributed by atoms with Crippen LogP contribution in [0.1, 0.15) is 84.5 Å². The van der Waals surface area contributed by atoms with E-state index < -0.39 is 11.4 Å². The van der Waals surface area contributed by atoms with E-state index in [-0.39, 0.29) is 5.41 Å². The number of rotatable bonds is 2. The highest BCUT2D eigenvalue weighted by Gasteiger charge is 2.55. The average molecular weight is 266 g/mol. The molecule has 0 aliphatic heterocycles.